The maximum atomic E-state index is 5.16. The Kier molecular flexibility index (Phi) is 6.04. The van der Waals surface area contributed by atoms with Crippen molar-refractivity contribution in [2.24, 2.45) is 0 Å². The second-order valence-corrected chi connectivity index (χ2v) is 2.72. The fourth-order valence-electron chi connectivity index (χ4n) is 0.903. The van der Waals surface area contributed by atoms with Gasteiger partial charge in [-0.1, -0.05) is 15.9 Å². The number of ether oxygens (including phenoxy) is 4. The van der Waals surface area contributed by atoms with Crippen molar-refractivity contribution in [3.63, 3.8) is 0 Å². The molecule has 0 bridgehead atoms. The van der Waals surface area contributed by atoms with Crippen molar-refractivity contribution in [2.45, 2.75) is 12.1 Å². The van der Waals surface area contributed by atoms with Gasteiger partial charge in [-0.15, -0.1) is 0 Å². The molecule has 74 valence electrons. The van der Waals surface area contributed by atoms with Crippen LogP contribution in [0.5, 0.6) is 0 Å². The number of hydrogen-bond donors (Lipinski definition) is 0. The van der Waals surface area contributed by atoms with Crippen molar-refractivity contribution < 1.29 is 18.9 Å². The van der Waals surface area contributed by atoms with Crippen LogP contribution in [0.2, 0.25) is 0 Å². The van der Waals surface area contributed by atoms with E-state index in [0.29, 0.717) is 5.33 Å². The molecule has 0 aromatic carbocycles. The van der Waals surface area contributed by atoms with Crippen molar-refractivity contribution in [1.29, 1.82) is 0 Å². The van der Waals surface area contributed by atoms with Gasteiger partial charge in [-0.25, -0.2) is 0 Å². The van der Waals surface area contributed by atoms with E-state index in [2.05, 4.69) is 15.9 Å². The maximum absolute atomic E-state index is 5.16. The third kappa shape index (κ3) is 2.40. The van der Waals surface area contributed by atoms with Crippen molar-refractivity contribution >= 4 is 15.9 Å². The maximum Gasteiger partial charge on any atom is 0.230 e. The highest BCUT2D eigenvalue weighted by Crippen LogP contribution is 2.22. The summed E-state index contributed by atoms with van der Waals surface area (Å²) in [6.45, 7) is 0. The Morgan fingerprint density at radius 2 is 1.50 bits per heavy atom. The van der Waals surface area contributed by atoms with Crippen molar-refractivity contribution in [3.8, 4) is 0 Å². The second kappa shape index (κ2) is 5.88. The molecule has 12 heavy (non-hydrogen) atoms. The van der Waals surface area contributed by atoms with Crippen LogP contribution in [-0.4, -0.2) is 45.8 Å². The Hall–Kier alpha value is 0.320. The lowest BCUT2D eigenvalue weighted by molar-refractivity contribution is -0.314. The molecule has 0 rings (SSSR count). The topological polar surface area (TPSA) is 36.9 Å². The van der Waals surface area contributed by atoms with E-state index in [0.717, 1.165) is 0 Å². The molecule has 0 N–H and O–H groups in total. The highest BCUT2D eigenvalue weighted by molar-refractivity contribution is 9.09. The average molecular weight is 243 g/mol. The first-order valence-electron chi connectivity index (χ1n) is 3.42. The van der Waals surface area contributed by atoms with Gasteiger partial charge in [0.15, 0.2) is 0 Å². The number of rotatable bonds is 6. The molecule has 0 fully saturated rings. The molecule has 0 heterocycles. The zero-order valence-corrected chi connectivity index (χ0v) is 9.38. The summed E-state index contributed by atoms with van der Waals surface area (Å²) in [6, 6.07) is 0. The predicted octanol–water partition coefficient (Wildman–Crippen LogP) is 0.989. The molecule has 0 unspecified atom stereocenters. The van der Waals surface area contributed by atoms with Crippen LogP contribution in [-0.2, 0) is 18.9 Å². The number of hydrogen-bond acceptors (Lipinski definition) is 4. The Morgan fingerprint density at radius 3 is 1.58 bits per heavy atom. The van der Waals surface area contributed by atoms with Gasteiger partial charge < -0.3 is 18.9 Å². The molecule has 5 heteroatoms. The highest BCUT2D eigenvalue weighted by Gasteiger charge is 2.39. The van der Waals surface area contributed by atoms with Crippen LogP contribution >= 0.6 is 15.9 Å². The Morgan fingerprint density at radius 1 is 1.08 bits per heavy atom. The van der Waals surface area contributed by atoms with Crippen molar-refractivity contribution in [2.75, 3.05) is 33.8 Å². The summed E-state index contributed by atoms with van der Waals surface area (Å²) in [6.07, 6.45) is -0.549. The first-order chi connectivity index (χ1) is 5.70. The molecule has 0 aromatic heterocycles. The van der Waals surface area contributed by atoms with Crippen LogP contribution in [0.15, 0.2) is 0 Å². The lowest BCUT2D eigenvalue weighted by Crippen LogP contribution is -2.49. The molecule has 4 nitrogen and oxygen atoms in total. The van der Waals surface area contributed by atoms with Gasteiger partial charge in [0.1, 0.15) is 0 Å². The van der Waals surface area contributed by atoms with Crippen LogP contribution < -0.4 is 0 Å². The molecule has 0 saturated carbocycles. The monoisotopic (exact) mass is 242 g/mol. The van der Waals surface area contributed by atoms with Gasteiger partial charge in [-0.3, -0.25) is 0 Å². The second-order valence-electron chi connectivity index (χ2n) is 2.16. The van der Waals surface area contributed by atoms with E-state index in [4.69, 9.17) is 18.9 Å². The van der Waals surface area contributed by atoms with Gasteiger partial charge in [0.2, 0.25) is 12.1 Å². The first-order valence-corrected chi connectivity index (χ1v) is 4.54. The summed E-state index contributed by atoms with van der Waals surface area (Å²) in [5.74, 6) is -0.885. The van der Waals surface area contributed by atoms with E-state index in [1.807, 2.05) is 0 Å². The lowest BCUT2D eigenvalue weighted by atomic mass is 10.3. The van der Waals surface area contributed by atoms with Crippen LogP contribution in [0, 0.1) is 0 Å². The number of halogens is 1. The largest absolute Gasteiger partial charge is 0.351 e. The molecule has 0 aliphatic heterocycles. The molecule has 0 saturated heterocycles. The van der Waals surface area contributed by atoms with E-state index in [9.17, 15) is 0 Å². The van der Waals surface area contributed by atoms with Crippen molar-refractivity contribution in [3.05, 3.63) is 0 Å². The Bertz CT molecular complexity index is 104. The minimum absolute atomic E-state index is 0.472. The molecule has 0 aliphatic carbocycles. The molecule has 0 aromatic rings. The molecule has 0 atom stereocenters. The minimum Gasteiger partial charge on any atom is -0.351 e. The van der Waals surface area contributed by atoms with Gasteiger partial charge in [0.25, 0.3) is 0 Å². The van der Waals surface area contributed by atoms with Crippen molar-refractivity contribution in [1.82, 2.24) is 0 Å². The predicted molar refractivity (Wildman–Crippen MR) is 48.3 cm³/mol. The van der Waals surface area contributed by atoms with Crippen LogP contribution in [0.4, 0.5) is 0 Å². The van der Waals surface area contributed by atoms with Gasteiger partial charge in [0.05, 0.1) is 5.33 Å². The van der Waals surface area contributed by atoms with Gasteiger partial charge >= 0.3 is 0 Å². The summed E-state index contributed by atoms with van der Waals surface area (Å²) in [5.41, 5.74) is 0. The van der Waals surface area contributed by atoms with E-state index in [1.54, 1.807) is 0 Å². The summed E-state index contributed by atoms with van der Waals surface area (Å²) in [5, 5.41) is 0.472. The van der Waals surface area contributed by atoms with E-state index >= 15 is 0 Å². The minimum atomic E-state index is -0.885. The quantitative estimate of drug-likeness (QED) is 0.515. The molecule has 0 amide bonds. The summed E-state index contributed by atoms with van der Waals surface area (Å²) in [7, 11) is 6.14. The Balaban J connectivity index is 4.42. The fraction of sp³-hybridized carbons (Fsp3) is 1.00. The smallest absolute Gasteiger partial charge is 0.230 e. The molecular weight excluding hydrogens is 228 g/mol. The van der Waals surface area contributed by atoms with Gasteiger partial charge in [-0.2, -0.15) is 0 Å². The normalized spacial score (nSPS) is 12.5. The zero-order chi connectivity index (χ0) is 9.61. The molecule has 0 spiro atoms. The molecule has 0 radical (unpaired) electrons. The van der Waals surface area contributed by atoms with E-state index < -0.39 is 12.1 Å². The standard InChI is InChI=1S/C7H15BrO4/c1-9-6(10-2)7(5-8,11-3)12-4/h6H,5H2,1-4H3. The zero-order valence-electron chi connectivity index (χ0n) is 7.80. The average Bonchev–Trinajstić information content (AvgIpc) is 2.14. The SMILES string of the molecule is COC(OC)C(CBr)(OC)OC. The summed E-state index contributed by atoms with van der Waals surface area (Å²) < 4.78 is 20.4. The van der Waals surface area contributed by atoms with Crippen LogP contribution in [0.1, 0.15) is 0 Å². The van der Waals surface area contributed by atoms with Crippen LogP contribution in [0.25, 0.3) is 0 Å². The third-order valence-electron chi connectivity index (χ3n) is 1.66. The lowest BCUT2D eigenvalue weighted by Gasteiger charge is -2.34. The molecule has 0 aliphatic rings. The molecular formula is C7H15BrO4. The van der Waals surface area contributed by atoms with Crippen LogP contribution in [0.3, 0.4) is 0 Å². The van der Waals surface area contributed by atoms with Gasteiger partial charge in [-0.05, 0) is 0 Å². The third-order valence-corrected chi connectivity index (χ3v) is 2.45. The Labute approximate surface area is 81.3 Å². The van der Waals surface area contributed by atoms with Gasteiger partial charge in [0, 0.05) is 28.4 Å². The summed E-state index contributed by atoms with van der Waals surface area (Å²) >= 11 is 3.27. The summed E-state index contributed by atoms with van der Waals surface area (Å²) in [4.78, 5) is 0. The highest BCUT2D eigenvalue weighted by atomic mass is 79.9. The van der Waals surface area contributed by atoms with E-state index in [-0.39, 0.29) is 0 Å². The van der Waals surface area contributed by atoms with E-state index in [1.165, 1.54) is 28.4 Å². The number of methoxy groups -OCH3 is 4. The fourth-order valence-corrected chi connectivity index (χ4v) is 1.63. The first kappa shape index (κ1) is 12.3. The number of alkyl halides is 1.